The van der Waals surface area contributed by atoms with Crippen molar-refractivity contribution in [2.75, 3.05) is 12.9 Å². The van der Waals surface area contributed by atoms with Crippen molar-refractivity contribution in [1.29, 1.82) is 0 Å². The Balaban J connectivity index is 2.47. The van der Waals surface area contributed by atoms with Gasteiger partial charge in [-0.3, -0.25) is 4.18 Å². The number of urea groups is 1. The zero-order valence-electron chi connectivity index (χ0n) is 13.4. The number of amides is 2. The SMILES string of the molecule is CC1=C(S(=O)(=O)c2ccc(C)cc2)C(COS(C)(=O)=O)NC(=O)N1. The summed E-state index contributed by atoms with van der Waals surface area (Å²) in [7, 11) is -7.73. The maximum Gasteiger partial charge on any atom is 0.319 e. The van der Waals surface area contributed by atoms with Crippen molar-refractivity contribution < 1.29 is 25.8 Å². The van der Waals surface area contributed by atoms with Crippen LogP contribution in [0.5, 0.6) is 0 Å². The van der Waals surface area contributed by atoms with E-state index < -0.39 is 38.6 Å². The first-order valence-electron chi connectivity index (χ1n) is 6.95. The van der Waals surface area contributed by atoms with Gasteiger partial charge in [0.1, 0.15) is 0 Å². The van der Waals surface area contributed by atoms with Crippen LogP contribution in [-0.4, -0.2) is 41.8 Å². The Morgan fingerprint density at radius 3 is 2.21 bits per heavy atom. The van der Waals surface area contributed by atoms with E-state index in [-0.39, 0.29) is 15.5 Å². The summed E-state index contributed by atoms with van der Waals surface area (Å²) in [5.74, 6) is 0. The molecule has 2 amide bonds. The molecule has 0 saturated heterocycles. The third-order valence-corrected chi connectivity index (χ3v) is 5.99. The molecular formula is C14H18N2O6S2. The predicted molar refractivity (Wildman–Crippen MR) is 87.3 cm³/mol. The number of nitrogens with one attached hydrogen (secondary N) is 2. The number of hydrogen-bond acceptors (Lipinski definition) is 6. The molecule has 132 valence electrons. The smallest absolute Gasteiger partial charge is 0.319 e. The lowest BCUT2D eigenvalue weighted by atomic mass is 10.2. The Morgan fingerprint density at radius 2 is 1.67 bits per heavy atom. The Kier molecular flexibility index (Phi) is 5.02. The maximum absolute atomic E-state index is 12.9. The van der Waals surface area contributed by atoms with Crippen LogP contribution < -0.4 is 10.6 Å². The quantitative estimate of drug-likeness (QED) is 0.731. The van der Waals surface area contributed by atoms with Crippen LogP contribution in [0.2, 0.25) is 0 Å². The standard InChI is InChI=1S/C14H18N2O6S2/c1-9-4-6-11(7-5-9)24(20,21)13-10(2)15-14(17)16-12(13)8-22-23(3,18)19/h4-7,12H,8H2,1-3H3,(H2,15,16,17). The minimum absolute atomic E-state index is 0.0461. The minimum Gasteiger partial charge on any atom is -0.328 e. The van der Waals surface area contributed by atoms with E-state index in [1.807, 2.05) is 6.92 Å². The van der Waals surface area contributed by atoms with Crippen LogP contribution in [0.4, 0.5) is 4.79 Å². The molecule has 0 aromatic heterocycles. The zero-order chi connectivity index (χ0) is 18.1. The summed E-state index contributed by atoms with van der Waals surface area (Å²) in [5, 5.41) is 4.77. The molecular weight excluding hydrogens is 356 g/mol. The molecule has 24 heavy (non-hydrogen) atoms. The van der Waals surface area contributed by atoms with E-state index in [9.17, 15) is 21.6 Å². The predicted octanol–water partition coefficient (Wildman–Crippen LogP) is 0.658. The monoisotopic (exact) mass is 374 g/mol. The van der Waals surface area contributed by atoms with Crippen LogP contribution >= 0.6 is 0 Å². The lowest BCUT2D eigenvalue weighted by molar-refractivity contribution is 0.229. The lowest BCUT2D eigenvalue weighted by Gasteiger charge is -2.28. The highest BCUT2D eigenvalue weighted by molar-refractivity contribution is 7.95. The van der Waals surface area contributed by atoms with Crippen molar-refractivity contribution in [3.63, 3.8) is 0 Å². The first-order valence-corrected chi connectivity index (χ1v) is 10.2. The van der Waals surface area contributed by atoms with Crippen LogP contribution in [0.25, 0.3) is 0 Å². The van der Waals surface area contributed by atoms with Gasteiger partial charge < -0.3 is 10.6 Å². The third kappa shape index (κ3) is 4.13. The number of carbonyl (C=O) groups is 1. The Morgan fingerprint density at radius 1 is 1.08 bits per heavy atom. The largest absolute Gasteiger partial charge is 0.328 e. The highest BCUT2D eigenvalue weighted by Gasteiger charge is 2.35. The number of carbonyl (C=O) groups excluding carboxylic acids is 1. The van der Waals surface area contributed by atoms with Crippen molar-refractivity contribution >= 4 is 26.0 Å². The van der Waals surface area contributed by atoms with Gasteiger partial charge in [-0.1, -0.05) is 17.7 Å². The summed E-state index contributed by atoms with van der Waals surface area (Å²) < 4.78 is 52.8. The van der Waals surface area contributed by atoms with Gasteiger partial charge in [0, 0.05) is 5.70 Å². The van der Waals surface area contributed by atoms with E-state index in [1.54, 1.807) is 12.1 Å². The zero-order valence-corrected chi connectivity index (χ0v) is 15.0. The fourth-order valence-corrected chi connectivity index (χ4v) is 4.38. The van der Waals surface area contributed by atoms with Gasteiger partial charge in [0.2, 0.25) is 9.84 Å². The van der Waals surface area contributed by atoms with Gasteiger partial charge in [0.15, 0.2) is 0 Å². The van der Waals surface area contributed by atoms with Crippen molar-refractivity contribution in [3.05, 3.63) is 40.4 Å². The van der Waals surface area contributed by atoms with E-state index in [0.717, 1.165) is 11.8 Å². The summed E-state index contributed by atoms with van der Waals surface area (Å²) in [4.78, 5) is 11.5. The second-order valence-electron chi connectivity index (χ2n) is 5.45. The number of sulfone groups is 1. The van der Waals surface area contributed by atoms with Crippen molar-refractivity contribution in [1.82, 2.24) is 10.6 Å². The minimum atomic E-state index is -3.94. The molecule has 8 nitrogen and oxygen atoms in total. The van der Waals surface area contributed by atoms with E-state index in [0.29, 0.717) is 0 Å². The summed E-state index contributed by atoms with van der Waals surface area (Å²) in [6.45, 7) is 2.75. The molecule has 0 aliphatic carbocycles. The van der Waals surface area contributed by atoms with Crippen LogP contribution in [-0.2, 0) is 24.1 Å². The van der Waals surface area contributed by atoms with Gasteiger partial charge >= 0.3 is 6.03 Å². The van der Waals surface area contributed by atoms with Gasteiger partial charge in [0.05, 0.1) is 28.7 Å². The first-order chi connectivity index (χ1) is 11.0. The molecule has 0 bridgehead atoms. The van der Waals surface area contributed by atoms with Gasteiger partial charge in [-0.05, 0) is 26.0 Å². The van der Waals surface area contributed by atoms with Crippen LogP contribution in [0.15, 0.2) is 39.8 Å². The highest BCUT2D eigenvalue weighted by atomic mass is 32.2. The Bertz CT molecular complexity index is 886. The molecule has 0 fully saturated rings. The van der Waals surface area contributed by atoms with Crippen molar-refractivity contribution in [2.45, 2.75) is 24.8 Å². The molecule has 2 N–H and O–H groups in total. The summed E-state index contributed by atoms with van der Waals surface area (Å²) in [6, 6.07) is 4.47. The fourth-order valence-electron chi connectivity index (χ4n) is 2.30. The van der Waals surface area contributed by atoms with E-state index >= 15 is 0 Å². The van der Waals surface area contributed by atoms with Crippen molar-refractivity contribution in [2.24, 2.45) is 0 Å². The average Bonchev–Trinajstić information content (AvgIpc) is 2.43. The molecule has 0 spiro atoms. The Hall–Kier alpha value is -1.91. The van der Waals surface area contributed by atoms with Crippen molar-refractivity contribution in [3.8, 4) is 0 Å². The molecule has 1 heterocycles. The number of rotatable bonds is 5. The van der Waals surface area contributed by atoms with Gasteiger partial charge in [0.25, 0.3) is 10.1 Å². The highest BCUT2D eigenvalue weighted by Crippen LogP contribution is 2.26. The fraction of sp³-hybridized carbons (Fsp3) is 0.357. The maximum atomic E-state index is 12.9. The molecule has 1 aromatic carbocycles. The molecule has 1 aromatic rings. The topological polar surface area (TPSA) is 119 Å². The second kappa shape index (κ2) is 6.54. The summed E-state index contributed by atoms with van der Waals surface area (Å²) in [6.07, 6.45) is 0.848. The molecule has 10 heteroatoms. The Labute approximate surface area is 140 Å². The lowest BCUT2D eigenvalue weighted by Crippen LogP contribution is -2.51. The average molecular weight is 374 g/mol. The van der Waals surface area contributed by atoms with E-state index in [2.05, 4.69) is 14.8 Å². The number of hydrogen-bond donors (Lipinski definition) is 2. The molecule has 0 radical (unpaired) electrons. The molecule has 0 saturated carbocycles. The summed E-state index contributed by atoms with van der Waals surface area (Å²) in [5.41, 5.74) is 1.02. The molecule has 2 rings (SSSR count). The summed E-state index contributed by atoms with van der Waals surface area (Å²) >= 11 is 0. The van der Waals surface area contributed by atoms with E-state index in [4.69, 9.17) is 0 Å². The van der Waals surface area contributed by atoms with E-state index in [1.165, 1.54) is 19.1 Å². The first kappa shape index (κ1) is 18.4. The number of allylic oxidation sites excluding steroid dienone is 1. The number of aryl methyl sites for hydroxylation is 1. The van der Waals surface area contributed by atoms with Gasteiger partial charge in [-0.2, -0.15) is 8.42 Å². The van der Waals surface area contributed by atoms with Crippen LogP contribution in [0.3, 0.4) is 0 Å². The third-order valence-electron chi connectivity index (χ3n) is 3.36. The second-order valence-corrected chi connectivity index (χ2v) is 9.01. The normalized spacial score (nSPS) is 19.0. The van der Waals surface area contributed by atoms with Crippen LogP contribution in [0.1, 0.15) is 12.5 Å². The van der Waals surface area contributed by atoms with Gasteiger partial charge in [-0.15, -0.1) is 0 Å². The van der Waals surface area contributed by atoms with Gasteiger partial charge in [-0.25, -0.2) is 13.2 Å². The van der Waals surface area contributed by atoms with Crippen LogP contribution in [0, 0.1) is 6.92 Å². The molecule has 1 unspecified atom stereocenters. The number of benzene rings is 1. The molecule has 1 aliphatic rings. The molecule has 1 aliphatic heterocycles. The molecule has 1 atom stereocenters.